The first-order chi connectivity index (χ1) is 8.18. The predicted molar refractivity (Wildman–Crippen MR) is 65.3 cm³/mol. The fourth-order valence-corrected chi connectivity index (χ4v) is 2.28. The van der Waals surface area contributed by atoms with E-state index >= 15 is 0 Å². The van der Waals surface area contributed by atoms with Gasteiger partial charge < -0.3 is 4.74 Å². The zero-order valence-electron chi connectivity index (χ0n) is 10.0. The van der Waals surface area contributed by atoms with Gasteiger partial charge in [0.1, 0.15) is 0 Å². The number of para-hydroxylation sites is 1. The van der Waals surface area contributed by atoms with Crippen molar-refractivity contribution in [3.8, 4) is 5.75 Å². The second-order valence-electron chi connectivity index (χ2n) is 4.56. The second kappa shape index (κ2) is 5.17. The average molecular weight is 235 g/mol. The molecule has 0 aliphatic heterocycles. The molecule has 0 unspecified atom stereocenters. The summed E-state index contributed by atoms with van der Waals surface area (Å²) in [6, 6.07) is 5.05. The highest BCUT2D eigenvalue weighted by Gasteiger charge is 2.22. The minimum absolute atomic E-state index is 0.0792. The zero-order chi connectivity index (χ0) is 12.3. The fraction of sp³-hybridized carbons (Fsp3) is 0.538. The molecule has 1 aliphatic carbocycles. The maximum Gasteiger partial charge on any atom is 0.311 e. The molecule has 0 heterocycles. The van der Waals surface area contributed by atoms with E-state index in [0.29, 0.717) is 5.75 Å². The van der Waals surface area contributed by atoms with E-state index in [0.717, 1.165) is 31.2 Å². The van der Waals surface area contributed by atoms with E-state index in [2.05, 4.69) is 0 Å². The lowest BCUT2D eigenvalue weighted by Crippen LogP contribution is -2.20. The van der Waals surface area contributed by atoms with Crippen molar-refractivity contribution < 1.29 is 9.66 Å². The highest BCUT2D eigenvalue weighted by molar-refractivity contribution is 5.51. The van der Waals surface area contributed by atoms with Gasteiger partial charge in [0.2, 0.25) is 0 Å². The lowest BCUT2D eigenvalue weighted by atomic mass is 9.97. The summed E-state index contributed by atoms with van der Waals surface area (Å²) in [5, 5.41) is 10.9. The molecule has 0 spiro atoms. The summed E-state index contributed by atoms with van der Waals surface area (Å²) < 4.78 is 5.84. The van der Waals surface area contributed by atoms with Crippen molar-refractivity contribution in [2.45, 2.75) is 45.1 Å². The van der Waals surface area contributed by atoms with Crippen LogP contribution in [0.2, 0.25) is 0 Å². The summed E-state index contributed by atoms with van der Waals surface area (Å²) in [7, 11) is 0. The van der Waals surface area contributed by atoms with Gasteiger partial charge >= 0.3 is 5.69 Å². The minimum Gasteiger partial charge on any atom is -0.483 e. The van der Waals surface area contributed by atoms with Gasteiger partial charge in [0.25, 0.3) is 0 Å². The quantitative estimate of drug-likeness (QED) is 0.594. The van der Waals surface area contributed by atoms with Gasteiger partial charge in [-0.1, -0.05) is 18.6 Å². The third kappa shape index (κ3) is 2.75. The Morgan fingerprint density at radius 2 is 2.00 bits per heavy atom. The van der Waals surface area contributed by atoms with Crippen molar-refractivity contribution in [1.29, 1.82) is 0 Å². The van der Waals surface area contributed by atoms with Crippen molar-refractivity contribution in [3.05, 3.63) is 33.9 Å². The second-order valence-corrected chi connectivity index (χ2v) is 4.56. The molecule has 17 heavy (non-hydrogen) atoms. The van der Waals surface area contributed by atoms with E-state index in [9.17, 15) is 10.1 Å². The van der Waals surface area contributed by atoms with Crippen LogP contribution in [-0.2, 0) is 0 Å². The summed E-state index contributed by atoms with van der Waals surface area (Å²) in [6.45, 7) is 1.85. The van der Waals surface area contributed by atoms with Gasteiger partial charge in [-0.25, -0.2) is 0 Å². The topological polar surface area (TPSA) is 52.4 Å². The Bertz CT molecular complexity index is 411. The Kier molecular flexibility index (Phi) is 3.61. The molecule has 0 radical (unpaired) electrons. The Hall–Kier alpha value is -1.58. The van der Waals surface area contributed by atoms with E-state index in [1.807, 2.05) is 13.0 Å². The number of nitro benzene ring substituents is 1. The fourth-order valence-electron chi connectivity index (χ4n) is 2.28. The molecule has 4 nitrogen and oxygen atoms in total. The molecule has 0 aromatic heterocycles. The molecule has 1 saturated carbocycles. The highest BCUT2D eigenvalue weighted by atomic mass is 16.6. The van der Waals surface area contributed by atoms with Crippen LogP contribution in [0.4, 0.5) is 5.69 Å². The van der Waals surface area contributed by atoms with Gasteiger partial charge in [0, 0.05) is 6.07 Å². The summed E-state index contributed by atoms with van der Waals surface area (Å²) in [6.07, 6.45) is 5.71. The van der Waals surface area contributed by atoms with Crippen LogP contribution >= 0.6 is 0 Å². The summed E-state index contributed by atoms with van der Waals surface area (Å²) in [5.41, 5.74) is 0.917. The maximum absolute atomic E-state index is 10.9. The third-order valence-corrected chi connectivity index (χ3v) is 3.22. The molecule has 0 atom stereocenters. The standard InChI is InChI=1S/C13H17NO3/c1-10-6-5-9-12(14(15)16)13(10)17-11-7-3-2-4-8-11/h5-6,9,11H,2-4,7-8H2,1H3. The number of benzene rings is 1. The molecule has 0 N–H and O–H groups in total. The monoisotopic (exact) mass is 235 g/mol. The summed E-state index contributed by atoms with van der Waals surface area (Å²) in [4.78, 5) is 10.6. The molecular formula is C13H17NO3. The number of aryl methyl sites for hydroxylation is 1. The number of hydrogen-bond acceptors (Lipinski definition) is 3. The van der Waals surface area contributed by atoms with E-state index in [4.69, 9.17) is 4.74 Å². The van der Waals surface area contributed by atoms with Crippen LogP contribution in [0.3, 0.4) is 0 Å². The summed E-state index contributed by atoms with van der Waals surface area (Å²) in [5.74, 6) is 0.449. The van der Waals surface area contributed by atoms with Gasteiger partial charge in [-0.2, -0.15) is 0 Å². The summed E-state index contributed by atoms with van der Waals surface area (Å²) >= 11 is 0. The van der Waals surface area contributed by atoms with Crippen LogP contribution in [0.25, 0.3) is 0 Å². The van der Waals surface area contributed by atoms with E-state index in [1.54, 1.807) is 6.07 Å². The van der Waals surface area contributed by atoms with Gasteiger partial charge in [0.15, 0.2) is 5.75 Å². The zero-order valence-corrected chi connectivity index (χ0v) is 10.0. The molecule has 1 aromatic carbocycles. The Morgan fingerprint density at radius 1 is 1.29 bits per heavy atom. The minimum atomic E-state index is -0.370. The van der Waals surface area contributed by atoms with Crippen molar-refractivity contribution >= 4 is 5.69 Å². The van der Waals surface area contributed by atoms with Crippen LogP contribution in [0.15, 0.2) is 18.2 Å². The first-order valence-corrected chi connectivity index (χ1v) is 6.09. The largest absolute Gasteiger partial charge is 0.483 e. The molecule has 92 valence electrons. The predicted octanol–water partition coefficient (Wildman–Crippen LogP) is 3.61. The van der Waals surface area contributed by atoms with E-state index in [-0.39, 0.29) is 16.7 Å². The van der Waals surface area contributed by atoms with E-state index < -0.39 is 0 Å². The van der Waals surface area contributed by atoms with Crippen LogP contribution in [0.5, 0.6) is 5.75 Å². The van der Waals surface area contributed by atoms with Crippen LogP contribution in [0.1, 0.15) is 37.7 Å². The molecule has 4 heteroatoms. The number of ether oxygens (including phenoxy) is 1. The van der Waals surface area contributed by atoms with Crippen molar-refractivity contribution in [3.63, 3.8) is 0 Å². The van der Waals surface area contributed by atoms with Crippen molar-refractivity contribution in [2.24, 2.45) is 0 Å². The number of nitrogens with zero attached hydrogens (tertiary/aromatic N) is 1. The molecule has 0 amide bonds. The van der Waals surface area contributed by atoms with Crippen molar-refractivity contribution in [2.75, 3.05) is 0 Å². The number of hydrogen-bond donors (Lipinski definition) is 0. The molecular weight excluding hydrogens is 218 g/mol. The Labute approximate surface area is 101 Å². The Balaban J connectivity index is 2.21. The lowest BCUT2D eigenvalue weighted by molar-refractivity contribution is -0.386. The first kappa shape index (κ1) is 11.9. The van der Waals surface area contributed by atoms with Gasteiger partial charge in [-0.3, -0.25) is 10.1 Å². The average Bonchev–Trinajstić information content (AvgIpc) is 2.33. The van der Waals surface area contributed by atoms with Gasteiger partial charge in [0.05, 0.1) is 11.0 Å². The van der Waals surface area contributed by atoms with Crippen LogP contribution in [0, 0.1) is 17.0 Å². The van der Waals surface area contributed by atoms with Gasteiger partial charge in [-0.15, -0.1) is 0 Å². The highest BCUT2D eigenvalue weighted by Crippen LogP contribution is 2.33. The van der Waals surface area contributed by atoms with Gasteiger partial charge in [-0.05, 0) is 38.2 Å². The van der Waals surface area contributed by atoms with Crippen molar-refractivity contribution in [1.82, 2.24) is 0 Å². The lowest BCUT2D eigenvalue weighted by Gasteiger charge is -2.23. The first-order valence-electron chi connectivity index (χ1n) is 6.09. The van der Waals surface area contributed by atoms with E-state index in [1.165, 1.54) is 12.5 Å². The maximum atomic E-state index is 10.9. The normalized spacial score (nSPS) is 16.8. The van der Waals surface area contributed by atoms with Crippen LogP contribution < -0.4 is 4.74 Å². The third-order valence-electron chi connectivity index (χ3n) is 3.22. The number of nitro groups is 1. The van der Waals surface area contributed by atoms with Crippen LogP contribution in [-0.4, -0.2) is 11.0 Å². The SMILES string of the molecule is Cc1cccc([N+](=O)[O-])c1OC1CCCCC1. The molecule has 1 aromatic rings. The Morgan fingerprint density at radius 3 is 2.65 bits per heavy atom. The number of rotatable bonds is 3. The molecule has 1 aliphatic rings. The molecule has 1 fully saturated rings. The smallest absolute Gasteiger partial charge is 0.311 e. The molecule has 2 rings (SSSR count). The molecule has 0 saturated heterocycles. The molecule has 0 bridgehead atoms.